The van der Waals surface area contributed by atoms with E-state index in [-0.39, 0.29) is 6.10 Å². The van der Waals surface area contributed by atoms with E-state index in [9.17, 15) is 0 Å². The summed E-state index contributed by atoms with van der Waals surface area (Å²) in [4.78, 5) is 8.97. The van der Waals surface area contributed by atoms with Gasteiger partial charge in [0.15, 0.2) is 0 Å². The van der Waals surface area contributed by atoms with Crippen molar-refractivity contribution in [2.24, 2.45) is 7.05 Å². The molecule has 1 fully saturated rings. The highest BCUT2D eigenvalue weighted by Crippen LogP contribution is 2.34. The molecule has 142 valence electrons. The Bertz CT molecular complexity index is 1110. The molecule has 0 spiro atoms. The van der Waals surface area contributed by atoms with Crippen LogP contribution in [0.5, 0.6) is 5.88 Å². The van der Waals surface area contributed by atoms with Crippen molar-refractivity contribution in [1.29, 1.82) is 0 Å². The number of aromatic nitrogens is 6. The van der Waals surface area contributed by atoms with Crippen molar-refractivity contribution in [2.45, 2.75) is 18.9 Å². The van der Waals surface area contributed by atoms with Gasteiger partial charge in [0.25, 0.3) is 0 Å². The number of pyridine rings is 2. The van der Waals surface area contributed by atoms with Gasteiger partial charge in [-0.2, -0.15) is 10.2 Å². The molecular formula is C20H20N6O2. The minimum absolute atomic E-state index is 0.109. The molecule has 0 radical (unpaired) electrons. The van der Waals surface area contributed by atoms with Crippen LogP contribution in [0.3, 0.4) is 0 Å². The minimum atomic E-state index is 0.109. The Balaban J connectivity index is 1.56. The van der Waals surface area contributed by atoms with Gasteiger partial charge < -0.3 is 9.47 Å². The molecule has 4 aromatic heterocycles. The molecule has 0 saturated carbocycles. The van der Waals surface area contributed by atoms with Gasteiger partial charge in [0.2, 0.25) is 5.88 Å². The average Bonchev–Trinajstić information content (AvgIpc) is 3.36. The van der Waals surface area contributed by atoms with Gasteiger partial charge in [-0.25, -0.2) is 4.98 Å². The van der Waals surface area contributed by atoms with Crippen LogP contribution < -0.4 is 4.74 Å². The lowest BCUT2D eigenvalue weighted by Crippen LogP contribution is -2.26. The summed E-state index contributed by atoms with van der Waals surface area (Å²) in [5, 5.41) is 12.8. The molecule has 0 bridgehead atoms. The van der Waals surface area contributed by atoms with Gasteiger partial charge in [0.1, 0.15) is 11.8 Å². The number of H-pyrrole nitrogens is 1. The number of nitrogens with zero attached hydrogens (tertiary/aromatic N) is 5. The summed E-state index contributed by atoms with van der Waals surface area (Å²) >= 11 is 0. The molecule has 28 heavy (non-hydrogen) atoms. The molecule has 1 aliphatic rings. The van der Waals surface area contributed by atoms with Crippen molar-refractivity contribution in [3.63, 3.8) is 0 Å². The predicted molar refractivity (Wildman–Crippen MR) is 104 cm³/mol. The zero-order valence-corrected chi connectivity index (χ0v) is 15.5. The van der Waals surface area contributed by atoms with Gasteiger partial charge in [-0.3, -0.25) is 14.8 Å². The van der Waals surface area contributed by atoms with Gasteiger partial charge in [-0.15, -0.1) is 0 Å². The molecule has 8 heteroatoms. The second-order valence-corrected chi connectivity index (χ2v) is 6.87. The third-order valence-electron chi connectivity index (χ3n) is 4.92. The standard InChI is InChI=1S/C20H20N6O2/c1-26-12-14(11-23-26)17-10-13(2-6-21-17)19-18-16(24-25-19)3-7-22-20(18)28-15-4-8-27-9-5-15/h2-3,6-7,10-12,15H,4-5,8-9H2,1H3,(H,24,25). The van der Waals surface area contributed by atoms with Crippen molar-refractivity contribution < 1.29 is 9.47 Å². The van der Waals surface area contributed by atoms with Crippen LogP contribution in [-0.4, -0.2) is 49.3 Å². The van der Waals surface area contributed by atoms with E-state index in [4.69, 9.17) is 9.47 Å². The van der Waals surface area contributed by atoms with Crippen LogP contribution in [0.4, 0.5) is 0 Å². The molecule has 0 aliphatic carbocycles. The van der Waals surface area contributed by atoms with E-state index < -0.39 is 0 Å². The van der Waals surface area contributed by atoms with E-state index in [2.05, 4.69) is 25.3 Å². The van der Waals surface area contributed by atoms with Crippen molar-refractivity contribution in [1.82, 2.24) is 29.9 Å². The van der Waals surface area contributed by atoms with E-state index in [0.29, 0.717) is 5.88 Å². The number of ether oxygens (including phenoxy) is 2. The van der Waals surface area contributed by atoms with Crippen molar-refractivity contribution >= 4 is 10.9 Å². The number of aryl methyl sites for hydroxylation is 1. The fraction of sp³-hybridized carbons (Fsp3) is 0.300. The first-order valence-corrected chi connectivity index (χ1v) is 9.31. The number of aromatic amines is 1. The van der Waals surface area contributed by atoms with E-state index in [1.807, 2.05) is 31.4 Å². The fourth-order valence-corrected chi connectivity index (χ4v) is 3.48. The normalized spacial score (nSPS) is 15.2. The summed E-state index contributed by atoms with van der Waals surface area (Å²) < 4.78 is 13.4. The van der Waals surface area contributed by atoms with Crippen LogP contribution >= 0.6 is 0 Å². The molecule has 5 rings (SSSR count). The summed E-state index contributed by atoms with van der Waals surface area (Å²) in [7, 11) is 1.89. The lowest BCUT2D eigenvalue weighted by molar-refractivity contribution is 0.0244. The zero-order valence-electron chi connectivity index (χ0n) is 15.5. The molecule has 0 aromatic carbocycles. The van der Waals surface area contributed by atoms with Gasteiger partial charge in [0.05, 0.1) is 36.0 Å². The quantitative estimate of drug-likeness (QED) is 0.589. The Kier molecular flexibility index (Phi) is 4.25. The third kappa shape index (κ3) is 3.11. The van der Waals surface area contributed by atoms with Crippen LogP contribution in [0.15, 0.2) is 43.0 Å². The highest BCUT2D eigenvalue weighted by atomic mass is 16.5. The third-order valence-corrected chi connectivity index (χ3v) is 4.92. The maximum atomic E-state index is 6.23. The van der Waals surface area contributed by atoms with Crippen LogP contribution in [0.2, 0.25) is 0 Å². The molecule has 0 amide bonds. The Hall–Kier alpha value is -3.26. The first-order valence-electron chi connectivity index (χ1n) is 9.31. The number of nitrogens with one attached hydrogen (secondary N) is 1. The molecular weight excluding hydrogens is 356 g/mol. The summed E-state index contributed by atoms with van der Waals surface area (Å²) in [5.41, 5.74) is 4.45. The number of rotatable bonds is 4. The zero-order chi connectivity index (χ0) is 18.9. The predicted octanol–water partition coefficient (Wildman–Crippen LogP) is 2.98. The van der Waals surface area contributed by atoms with E-state index in [1.54, 1.807) is 23.3 Å². The molecule has 1 saturated heterocycles. The molecule has 0 atom stereocenters. The topological polar surface area (TPSA) is 90.7 Å². The van der Waals surface area contributed by atoms with Gasteiger partial charge in [-0.05, 0) is 18.2 Å². The average molecular weight is 376 g/mol. The largest absolute Gasteiger partial charge is 0.474 e. The molecule has 1 N–H and O–H groups in total. The summed E-state index contributed by atoms with van der Waals surface area (Å²) in [5.74, 6) is 0.605. The first-order chi connectivity index (χ1) is 13.8. The Morgan fingerprint density at radius 3 is 2.82 bits per heavy atom. The number of hydrogen-bond donors (Lipinski definition) is 1. The maximum absolute atomic E-state index is 6.23. The van der Waals surface area contributed by atoms with Crippen molar-refractivity contribution in [3.05, 3.63) is 43.0 Å². The Morgan fingerprint density at radius 2 is 2.00 bits per heavy atom. The summed E-state index contributed by atoms with van der Waals surface area (Å²) in [6.07, 6.45) is 9.11. The second kappa shape index (κ2) is 7.05. The lowest BCUT2D eigenvalue weighted by Gasteiger charge is -2.23. The maximum Gasteiger partial charge on any atom is 0.225 e. The molecule has 0 unspecified atom stereocenters. The Labute approximate surface area is 161 Å². The monoisotopic (exact) mass is 376 g/mol. The highest BCUT2D eigenvalue weighted by molar-refractivity contribution is 5.96. The van der Waals surface area contributed by atoms with Gasteiger partial charge in [0, 0.05) is 49.6 Å². The van der Waals surface area contributed by atoms with Crippen LogP contribution in [0, 0.1) is 0 Å². The molecule has 8 nitrogen and oxygen atoms in total. The van der Waals surface area contributed by atoms with Gasteiger partial charge in [-0.1, -0.05) is 0 Å². The number of hydrogen-bond acceptors (Lipinski definition) is 6. The van der Waals surface area contributed by atoms with Crippen molar-refractivity contribution in [2.75, 3.05) is 13.2 Å². The van der Waals surface area contributed by atoms with E-state index >= 15 is 0 Å². The van der Waals surface area contributed by atoms with Crippen molar-refractivity contribution in [3.8, 4) is 28.4 Å². The minimum Gasteiger partial charge on any atom is -0.474 e. The first kappa shape index (κ1) is 16.9. The summed E-state index contributed by atoms with van der Waals surface area (Å²) in [6, 6.07) is 5.87. The Morgan fingerprint density at radius 1 is 1.14 bits per heavy atom. The highest BCUT2D eigenvalue weighted by Gasteiger charge is 2.20. The molecule has 4 aromatic rings. The lowest BCUT2D eigenvalue weighted by atomic mass is 10.1. The number of fused-ring (bicyclic) bond motifs is 1. The van der Waals surface area contributed by atoms with E-state index in [1.165, 1.54) is 0 Å². The summed E-state index contributed by atoms with van der Waals surface area (Å²) in [6.45, 7) is 1.44. The van der Waals surface area contributed by atoms with Crippen LogP contribution in [0.1, 0.15) is 12.8 Å². The fourth-order valence-electron chi connectivity index (χ4n) is 3.48. The van der Waals surface area contributed by atoms with Gasteiger partial charge >= 0.3 is 0 Å². The SMILES string of the molecule is Cn1cc(-c2cc(-c3n[nH]c4ccnc(OC5CCOCC5)c34)ccn2)cn1. The van der Waals surface area contributed by atoms with E-state index in [0.717, 1.165) is 59.5 Å². The molecule has 5 heterocycles. The van der Waals surface area contributed by atoms with Crippen LogP contribution in [0.25, 0.3) is 33.4 Å². The smallest absolute Gasteiger partial charge is 0.225 e. The van der Waals surface area contributed by atoms with Crippen LogP contribution in [-0.2, 0) is 11.8 Å². The molecule has 1 aliphatic heterocycles. The second-order valence-electron chi connectivity index (χ2n) is 6.87.